The normalized spacial score (nSPS) is 15.0. The molecule has 0 spiro atoms. The number of halogens is 1. The number of benzene rings is 2. The molecule has 0 radical (unpaired) electrons. The molecule has 0 unspecified atom stereocenters. The van der Waals surface area contributed by atoms with E-state index in [-0.39, 0.29) is 4.90 Å². The monoisotopic (exact) mass is 490 g/mol. The number of aryl methyl sites for hydroxylation is 1. The first kappa shape index (κ1) is 23.5. The van der Waals surface area contributed by atoms with Gasteiger partial charge in [-0.3, -0.25) is 0 Å². The fourth-order valence-electron chi connectivity index (χ4n) is 4.12. The summed E-state index contributed by atoms with van der Waals surface area (Å²) in [5.74, 6) is 0.939. The van der Waals surface area contributed by atoms with Crippen LogP contribution in [0.4, 0.5) is 9.52 Å². The van der Waals surface area contributed by atoms with Gasteiger partial charge in [0.05, 0.1) is 30.1 Å². The second kappa shape index (κ2) is 9.69. The molecule has 1 saturated heterocycles. The van der Waals surface area contributed by atoms with Crippen molar-refractivity contribution >= 4 is 26.3 Å². The van der Waals surface area contributed by atoms with Crippen molar-refractivity contribution in [3.05, 3.63) is 64.4 Å². The Balaban J connectivity index is 1.43. The Morgan fingerprint density at radius 3 is 2.39 bits per heavy atom. The molecule has 1 aromatic heterocycles. The maximum absolute atomic E-state index is 13.7. The van der Waals surface area contributed by atoms with Gasteiger partial charge in [-0.25, -0.2) is 17.8 Å². The second-order valence-corrected chi connectivity index (χ2v) is 11.2. The van der Waals surface area contributed by atoms with E-state index in [2.05, 4.69) is 4.90 Å². The highest BCUT2D eigenvalue weighted by Gasteiger charge is 2.33. The van der Waals surface area contributed by atoms with Crippen LogP contribution in [0.3, 0.4) is 0 Å². The highest BCUT2D eigenvalue weighted by Crippen LogP contribution is 2.31. The van der Waals surface area contributed by atoms with Crippen molar-refractivity contribution in [2.75, 3.05) is 32.2 Å². The predicted octanol–water partition coefficient (Wildman–Crippen LogP) is 4.64. The zero-order chi connectivity index (χ0) is 23.6. The molecule has 0 atom stereocenters. The van der Waals surface area contributed by atoms with Gasteiger partial charge in [-0.15, -0.1) is 11.3 Å². The first-order valence-electron chi connectivity index (χ1n) is 10.7. The highest BCUT2D eigenvalue weighted by atomic mass is 32.2. The van der Waals surface area contributed by atoms with E-state index in [1.165, 1.54) is 12.1 Å². The lowest BCUT2D eigenvalue weighted by atomic mass is 10.1. The van der Waals surface area contributed by atoms with Gasteiger partial charge in [0.2, 0.25) is 0 Å². The summed E-state index contributed by atoms with van der Waals surface area (Å²) in [6, 6.07) is 9.71. The third-order valence-electron chi connectivity index (χ3n) is 5.94. The fourth-order valence-corrected chi connectivity index (χ4v) is 6.98. The predicted molar refractivity (Wildman–Crippen MR) is 128 cm³/mol. The van der Waals surface area contributed by atoms with Gasteiger partial charge in [0, 0.05) is 31.0 Å². The lowest BCUT2D eigenvalue weighted by Crippen LogP contribution is -2.39. The smallest absolute Gasteiger partial charge is 0.185 e. The lowest BCUT2D eigenvalue weighted by Gasteiger charge is -2.31. The van der Waals surface area contributed by atoms with Crippen molar-refractivity contribution in [1.29, 1.82) is 0 Å². The Kier molecular flexibility index (Phi) is 6.90. The van der Waals surface area contributed by atoms with Gasteiger partial charge in [0.1, 0.15) is 17.3 Å². The van der Waals surface area contributed by atoms with Crippen molar-refractivity contribution in [3.8, 4) is 11.5 Å². The maximum Gasteiger partial charge on any atom is 0.185 e. The quantitative estimate of drug-likeness (QED) is 0.481. The largest absolute Gasteiger partial charge is 0.497 e. The minimum absolute atomic E-state index is 0.103. The van der Waals surface area contributed by atoms with Crippen LogP contribution in [-0.2, 0) is 16.3 Å². The van der Waals surface area contributed by atoms with Crippen LogP contribution in [-0.4, -0.2) is 46.0 Å². The molecule has 2 aromatic carbocycles. The highest BCUT2D eigenvalue weighted by molar-refractivity contribution is 7.92. The third-order valence-corrected chi connectivity index (χ3v) is 9.30. The molecule has 4 rings (SSSR count). The van der Waals surface area contributed by atoms with Gasteiger partial charge >= 0.3 is 0 Å². The Morgan fingerprint density at radius 1 is 1.09 bits per heavy atom. The van der Waals surface area contributed by atoms with Crippen LogP contribution in [0.5, 0.6) is 11.5 Å². The number of hydrogen-bond acceptors (Lipinski definition) is 7. The molecule has 1 aliphatic rings. The van der Waals surface area contributed by atoms with Crippen LogP contribution in [0.25, 0.3) is 0 Å². The summed E-state index contributed by atoms with van der Waals surface area (Å²) in [5, 5.41) is 2.40. The average Bonchev–Trinajstić information content (AvgIpc) is 3.28. The van der Waals surface area contributed by atoms with Crippen LogP contribution < -0.4 is 14.4 Å². The first-order valence-corrected chi connectivity index (χ1v) is 13.1. The Morgan fingerprint density at radius 2 is 1.76 bits per heavy atom. The van der Waals surface area contributed by atoms with Crippen LogP contribution in [0.2, 0.25) is 0 Å². The Hall–Kier alpha value is -2.65. The number of methoxy groups -OCH3 is 2. The van der Waals surface area contributed by atoms with E-state index in [1.807, 2.05) is 23.6 Å². The molecule has 6 nitrogen and oxygen atoms in total. The minimum Gasteiger partial charge on any atom is -0.497 e. The number of ether oxygens (including phenoxy) is 2. The van der Waals surface area contributed by atoms with Gasteiger partial charge in [0.15, 0.2) is 15.0 Å². The number of rotatable bonds is 7. The topological polar surface area (TPSA) is 68.7 Å². The van der Waals surface area contributed by atoms with Crippen molar-refractivity contribution < 1.29 is 22.3 Å². The Bertz CT molecular complexity index is 1210. The molecular weight excluding hydrogens is 463 g/mol. The molecule has 0 N–H and O–H groups in total. The molecule has 0 aliphatic carbocycles. The summed E-state index contributed by atoms with van der Waals surface area (Å²) in [7, 11) is -0.329. The van der Waals surface area contributed by atoms with E-state index in [0.717, 1.165) is 34.0 Å². The van der Waals surface area contributed by atoms with Crippen LogP contribution >= 0.6 is 11.3 Å². The number of piperidine rings is 1. The number of sulfone groups is 1. The molecule has 0 bridgehead atoms. The first-order chi connectivity index (χ1) is 15.8. The average molecular weight is 491 g/mol. The summed E-state index contributed by atoms with van der Waals surface area (Å²) in [5.41, 5.74) is 2.56. The Labute approximate surface area is 197 Å². The van der Waals surface area contributed by atoms with Gasteiger partial charge in [-0.2, -0.15) is 0 Å². The van der Waals surface area contributed by atoms with Crippen LogP contribution in [0, 0.1) is 12.7 Å². The summed E-state index contributed by atoms with van der Waals surface area (Å²) in [6.45, 7) is 2.90. The summed E-state index contributed by atoms with van der Waals surface area (Å²) in [6.07, 6.45) is 1.62. The molecule has 3 aromatic rings. The van der Waals surface area contributed by atoms with Crippen LogP contribution in [0.1, 0.15) is 29.7 Å². The summed E-state index contributed by atoms with van der Waals surface area (Å²) in [4.78, 5) is 7.01. The van der Waals surface area contributed by atoms with Crippen molar-refractivity contribution in [3.63, 3.8) is 0 Å². The van der Waals surface area contributed by atoms with Gasteiger partial charge in [0.25, 0.3) is 0 Å². The molecule has 0 saturated carbocycles. The molecule has 176 valence electrons. The summed E-state index contributed by atoms with van der Waals surface area (Å²) < 4.78 is 50.6. The van der Waals surface area contributed by atoms with E-state index in [4.69, 9.17) is 14.5 Å². The maximum atomic E-state index is 13.7. The SMILES string of the molecule is COc1cc(Cc2csc(N3CCC(S(=O)(=O)c4cc(F)ccc4C)CC3)n2)cc(OC)c1. The fraction of sp³-hybridized carbons (Fsp3) is 0.375. The number of aromatic nitrogens is 1. The molecular formula is C24H27FN2O4S2. The van der Waals surface area contributed by atoms with Gasteiger partial charge < -0.3 is 14.4 Å². The lowest BCUT2D eigenvalue weighted by molar-refractivity contribution is 0.393. The van der Waals surface area contributed by atoms with E-state index in [1.54, 1.807) is 32.5 Å². The van der Waals surface area contributed by atoms with E-state index in [9.17, 15) is 12.8 Å². The van der Waals surface area contributed by atoms with Crippen LogP contribution in [0.15, 0.2) is 46.7 Å². The second-order valence-electron chi connectivity index (χ2n) is 8.16. The molecule has 2 heterocycles. The van der Waals surface area contributed by atoms with E-state index in [0.29, 0.717) is 37.9 Å². The number of nitrogens with zero attached hydrogens (tertiary/aromatic N) is 2. The number of hydrogen-bond donors (Lipinski definition) is 0. The van der Waals surface area contributed by atoms with Crippen molar-refractivity contribution in [1.82, 2.24) is 4.98 Å². The van der Waals surface area contributed by atoms with Crippen molar-refractivity contribution in [2.24, 2.45) is 0 Å². The molecule has 9 heteroatoms. The third kappa shape index (κ3) is 5.14. The zero-order valence-corrected chi connectivity index (χ0v) is 20.5. The number of anilines is 1. The minimum atomic E-state index is -3.58. The van der Waals surface area contributed by atoms with E-state index >= 15 is 0 Å². The molecule has 1 aliphatic heterocycles. The number of thiazole rings is 1. The zero-order valence-electron chi connectivity index (χ0n) is 18.9. The molecule has 0 amide bonds. The summed E-state index contributed by atoms with van der Waals surface area (Å²) >= 11 is 1.56. The van der Waals surface area contributed by atoms with E-state index < -0.39 is 20.9 Å². The molecule has 33 heavy (non-hydrogen) atoms. The van der Waals surface area contributed by atoms with Gasteiger partial charge in [-0.05, 0) is 55.2 Å². The van der Waals surface area contributed by atoms with Crippen molar-refractivity contribution in [2.45, 2.75) is 36.3 Å². The molecule has 1 fully saturated rings. The standard InChI is InChI=1S/C24H27FN2O4S2/c1-16-4-5-18(25)13-23(16)33(28,29)22-6-8-27(9-7-22)24-26-19(15-32-24)10-17-11-20(30-2)14-21(12-17)31-3/h4-5,11-15,22H,6-10H2,1-3H3. The van der Waals surface area contributed by atoms with Gasteiger partial charge in [-0.1, -0.05) is 6.07 Å².